The molecule has 1 saturated heterocycles. The molecule has 4 heterocycles. The lowest BCUT2D eigenvalue weighted by molar-refractivity contribution is -0.123. The Balaban J connectivity index is 1.35. The summed E-state index contributed by atoms with van der Waals surface area (Å²) >= 11 is 0. The summed E-state index contributed by atoms with van der Waals surface area (Å²) in [5.41, 5.74) is 1.81. The van der Waals surface area contributed by atoms with Crippen molar-refractivity contribution in [3.63, 3.8) is 0 Å². The smallest absolute Gasteiger partial charge is 0.230 e. The molecule has 0 unspecified atom stereocenters. The Morgan fingerprint density at radius 3 is 2.67 bits per heavy atom. The fourth-order valence-corrected chi connectivity index (χ4v) is 4.60. The maximum Gasteiger partial charge on any atom is 0.230 e. The average Bonchev–Trinajstić information content (AvgIpc) is 3.24. The van der Waals surface area contributed by atoms with Crippen molar-refractivity contribution in [3.05, 3.63) is 29.3 Å². The molecule has 2 aromatic heterocycles. The van der Waals surface area contributed by atoms with E-state index in [2.05, 4.69) is 20.8 Å². The summed E-state index contributed by atoms with van der Waals surface area (Å²) in [6.45, 7) is 7.50. The van der Waals surface area contributed by atoms with Crippen molar-refractivity contribution in [1.29, 1.82) is 0 Å². The van der Waals surface area contributed by atoms with Crippen LogP contribution in [0.2, 0.25) is 0 Å². The van der Waals surface area contributed by atoms with Gasteiger partial charge < -0.3 is 4.52 Å². The van der Waals surface area contributed by atoms with Gasteiger partial charge in [0.1, 0.15) is 11.6 Å². The maximum absolute atomic E-state index is 13.0. The third-order valence-electron chi connectivity index (χ3n) is 6.31. The number of likely N-dealkylation sites (tertiary alicyclic amines) is 1. The zero-order valence-electron chi connectivity index (χ0n) is 16.1. The standard InChI is InChI=1S/C20H27N5O2/c1-14-9-18-24(12-16-3-4-16)19(26)11-20(25(18)21-14)5-7-23(8-6-20)13-17-10-15(2)27-22-17/h9-10,16H,3-8,11-13H2,1-2H3. The van der Waals surface area contributed by atoms with Crippen molar-refractivity contribution in [2.24, 2.45) is 5.92 Å². The quantitative estimate of drug-likeness (QED) is 0.829. The maximum atomic E-state index is 13.0. The van der Waals surface area contributed by atoms with Crippen molar-refractivity contribution >= 4 is 11.7 Å². The molecule has 1 saturated carbocycles. The molecule has 2 aliphatic heterocycles. The van der Waals surface area contributed by atoms with E-state index < -0.39 is 0 Å². The van der Waals surface area contributed by atoms with Crippen LogP contribution in [0.4, 0.5) is 5.82 Å². The summed E-state index contributed by atoms with van der Waals surface area (Å²) < 4.78 is 7.37. The molecule has 3 aliphatic rings. The number of carbonyl (C=O) groups is 1. The van der Waals surface area contributed by atoms with Crippen molar-refractivity contribution in [2.45, 2.75) is 58.0 Å². The minimum atomic E-state index is -0.170. The van der Waals surface area contributed by atoms with Crippen molar-refractivity contribution < 1.29 is 9.32 Å². The Hall–Kier alpha value is -2.15. The molecule has 7 nitrogen and oxygen atoms in total. The molecule has 0 N–H and O–H groups in total. The van der Waals surface area contributed by atoms with Crippen LogP contribution < -0.4 is 4.90 Å². The summed E-state index contributed by atoms with van der Waals surface area (Å²) in [6.07, 6.45) is 4.96. The SMILES string of the molecule is Cc1cc2n(n1)C1(CCN(Cc3cc(C)on3)CC1)CC(=O)N2CC1CC1. The van der Waals surface area contributed by atoms with Gasteiger partial charge in [0, 0.05) is 38.3 Å². The Kier molecular flexibility index (Phi) is 3.89. The third kappa shape index (κ3) is 3.08. The molecule has 27 heavy (non-hydrogen) atoms. The number of aromatic nitrogens is 3. The molecule has 0 bridgehead atoms. The molecular weight excluding hydrogens is 342 g/mol. The van der Waals surface area contributed by atoms with Gasteiger partial charge in [0.15, 0.2) is 0 Å². The van der Waals surface area contributed by atoms with Crippen LogP contribution in [0.3, 0.4) is 0 Å². The molecule has 7 heteroatoms. The zero-order chi connectivity index (χ0) is 18.6. The second kappa shape index (κ2) is 6.19. The first kappa shape index (κ1) is 17.0. The van der Waals surface area contributed by atoms with Gasteiger partial charge in [-0.05, 0) is 45.4 Å². The molecule has 1 aliphatic carbocycles. The van der Waals surface area contributed by atoms with E-state index in [0.717, 1.165) is 62.0 Å². The fraction of sp³-hybridized carbons (Fsp3) is 0.650. The van der Waals surface area contributed by atoms with Gasteiger partial charge in [-0.25, -0.2) is 4.68 Å². The highest BCUT2D eigenvalue weighted by molar-refractivity contribution is 5.94. The second-order valence-corrected chi connectivity index (χ2v) is 8.61. The molecule has 1 amide bonds. The van der Waals surface area contributed by atoms with Crippen LogP contribution >= 0.6 is 0 Å². The lowest BCUT2D eigenvalue weighted by Crippen LogP contribution is -2.54. The number of fused-ring (bicyclic) bond motifs is 2. The molecule has 0 radical (unpaired) electrons. The van der Waals surface area contributed by atoms with Gasteiger partial charge in [0.25, 0.3) is 0 Å². The third-order valence-corrected chi connectivity index (χ3v) is 6.31. The Morgan fingerprint density at radius 1 is 1.22 bits per heavy atom. The molecule has 0 aromatic carbocycles. The van der Waals surface area contributed by atoms with Gasteiger partial charge >= 0.3 is 0 Å². The predicted octanol–water partition coefficient (Wildman–Crippen LogP) is 2.63. The number of carbonyl (C=O) groups excluding carboxylic acids is 1. The van der Waals surface area contributed by atoms with Crippen LogP contribution in [0.5, 0.6) is 0 Å². The molecule has 5 rings (SSSR count). The van der Waals surface area contributed by atoms with Crippen LogP contribution in [0.25, 0.3) is 0 Å². The molecule has 1 spiro atoms. The number of rotatable bonds is 4. The Bertz CT molecular complexity index is 858. The van der Waals surface area contributed by atoms with E-state index in [1.807, 2.05) is 24.8 Å². The predicted molar refractivity (Wildman–Crippen MR) is 100 cm³/mol. The largest absolute Gasteiger partial charge is 0.361 e. The van der Waals surface area contributed by atoms with Crippen LogP contribution in [-0.4, -0.2) is 45.4 Å². The summed E-state index contributed by atoms with van der Waals surface area (Å²) in [5, 5.41) is 8.94. The van der Waals surface area contributed by atoms with Gasteiger partial charge in [-0.3, -0.25) is 14.6 Å². The van der Waals surface area contributed by atoms with Crippen LogP contribution in [0.15, 0.2) is 16.7 Å². The first-order valence-corrected chi connectivity index (χ1v) is 10.0. The lowest BCUT2D eigenvalue weighted by atomic mass is 9.82. The molecule has 144 valence electrons. The van der Waals surface area contributed by atoms with Gasteiger partial charge in [0.2, 0.25) is 5.91 Å². The first-order chi connectivity index (χ1) is 13.0. The normalized spacial score (nSPS) is 22.4. The number of piperidine rings is 1. The topological polar surface area (TPSA) is 67.4 Å². The van der Waals surface area contributed by atoms with Crippen LogP contribution in [-0.2, 0) is 16.9 Å². The number of aryl methyl sites for hydroxylation is 2. The van der Waals surface area contributed by atoms with E-state index in [1.54, 1.807) is 0 Å². The van der Waals surface area contributed by atoms with E-state index >= 15 is 0 Å². The molecule has 2 fully saturated rings. The number of hydrogen-bond donors (Lipinski definition) is 0. The summed E-state index contributed by atoms with van der Waals surface area (Å²) in [7, 11) is 0. The van der Waals surface area contributed by atoms with E-state index in [-0.39, 0.29) is 11.4 Å². The first-order valence-electron chi connectivity index (χ1n) is 10.0. The summed E-state index contributed by atoms with van der Waals surface area (Å²) in [4.78, 5) is 17.4. The Labute approximate surface area is 159 Å². The van der Waals surface area contributed by atoms with E-state index in [0.29, 0.717) is 12.3 Å². The monoisotopic (exact) mass is 369 g/mol. The second-order valence-electron chi connectivity index (χ2n) is 8.61. The highest BCUT2D eigenvalue weighted by atomic mass is 16.5. The number of anilines is 1. The number of nitrogens with zero attached hydrogens (tertiary/aromatic N) is 5. The van der Waals surface area contributed by atoms with Crippen molar-refractivity contribution in [3.8, 4) is 0 Å². The highest BCUT2D eigenvalue weighted by Crippen LogP contribution is 2.43. The lowest BCUT2D eigenvalue weighted by Gasteiger charge is -2.46. The highest BCUT2D eigenvalue weighted by Gasteiger charge is 2.46. The van der Waals surface area contributed by atoms with Gasteiger partial charge in [-0.1, -0.05) is 5.16 Å². The summed E-state index contributed by atoms with van der Waals surface area (Å²) in [5.74, 6) is 2.81. The number of amides is 1. The number of hydrogen-bond acceptors (Lipinski definition) is 5. The minimum absolute atomic E-state index is 0.170. The molecule has 2 aromatic rings. The van der Waals surface area contributed by atoms with Gasteiger partial charge in [0.05, 0.1) is 23.3 Å². The molecule has 0 atom stereocenters. The van der Waals surface area contributed by atoms with E-state index in [4.69, 9.17) is 9.62 Å². The zero-order valence-corrected chi connectivity index (χ0v) is 16.1. The minimum Gasteiger partial charge on any atom is -0.361 e. The van der Waals surface area contributed by atoms with Gasteiger partial charge in [-0.2, -0.15) is 5.10 Å². The van der Waals surface area contributed by atoms with Gasteiger partial charge in [-0.15, -0.1) is 0 Å². The van der Waals surface area contributed by atoms with Crippen LogP contribution in [0.1, 0.15) is 49.3 Å². The Morgan fingerprint density at radius 2 is 2.00 bits per heavy atom. The van der Waals surface area contributed by atoms with Crippen LogP contribution in [0, 0.1) is 19.8 Å². The van der Waals surface area contributed by atoms with Crippen molar-refractivity contribution in [2.75, 3.05) is 24.5 Å². The average molecular weight is 369 g/mol. The van der Waals surface area contributed by atoms with E-state index in [1.165, 1.54) is 12.8 Å². The molecular formula is C20H27N5O2. The van der Waals surface area contributed by atoms with Crippen molar-refractivity contribution in [1.82, 2.24) is 19.8 Å². The fourth-order valence-electron chi connectivity index (χ4n) is 4.60. The van der Waals surface area contributed by atoms with E-state index in [9.17, 15) is 4.79 Å². The summed E-state index contributed by atoms with van der Waals surface area (Å²) in [6, 6.07) is 4.09.